The molecule has 0 bridgehead atoms. The fourth-order valence-corrected chi connectivity index (χ4v) is 4.27. The summed E-state index contributed by atoms with van der Waals surface area (Å²) in [7, 11) is 1.66. The van der Waals surface area contributed by atoms with Crippen molar-refractivity contribution in [2.45, 2.75) is 25.3 Å². The Balaban J connectivity index is 1.61. The predicted molar refractivity (Wildman–Crippen MR) is 110 cm³/mol. The molecule has 0 aromatic heterocycles. The molecule has 0 spiro atoms. The van der Waals surface area contributed by atoms with Crippen LogP contribution >= 0.6 is 0 Å². The zero-order valence-corrected chi connectivity index (χ0v) is 16.1. The minimum Gasteiger partial charge on any atom is -0.497 e. The van der Waals surface area contributed by atoms with Gasteiger partial charge in [0.1, 0.15) is 11.4 Å². The molecule has 28 heavy (non-hydrogen) atoms. The fourth-order valence-electron chi connectivity index (χ4n) is 4.27. The van der Waals surface area contributed by atoms with E-state index in [4.69, 9.17) is 4.74 Å². The van der Waals surface area contributed by atoms with E-state index in [0.29, 0.717) is 12.2 Å². The van der Waals surface area contributed by atoms with Gasteiger partial charge in [-0.25, -0.2) is 0 Å². The van der Waals surface area contributed by atoms with E-state index < -0.39 is 0 Å². The number of nitrogens with one attached hydrogen (secondary N) is 2. The summed E-state index contributed by atoms with van der Waals surface area (Å²) < 4.78 is 5.29. The minimum atomic E-state index is -0.292. The van der Waals surface area contributed by atoms with Gasteiger partial charge in [0.05, 0.1) is 18.1 Å². The van der Waals surface area contributed by atoms with Crippen LogP contribution in [0.15, 0.2) is 36.4 Å². The maximum atomic E-state index is 11.6. The van der Waals surface area contributed by atoms with E-state index in [1.54, 1.807) is 13.2 Å². The van der Waals surface area contributed by atoms with E-state index in [1.165, 1.54) is 18.4 Å². The van der Waals surface area contributed by atoms with Crippen LogP contribution in [0, 0.1) is 10.1 Å². The van der Waals surface area contributed by atoms with E-state index in [9.17, 15) is 10.1 Å². The summed E-state index contributed by atoms with van der Waals surface area (Å²) in [6.07, 6.45) is 3.19. The van der Waals surface area contributed by atoms with Crippen molar-refractivity contribution < 1.29 is 9.66 Å². The third-order valence-electron chi connectivity index (χ3n) is 5.73. The van der Waals surface area contributed by atoms with Crippen LogP contribution in [-0.4, -0.2) is 43.1 Å². The molecule has 2 aliphatic rings. The van der Waals surface area contributed by atoms with Crippen LogP contribution in [0.4, 0.5) is 17.1 Å². The third kappa shape index (κ3) is 3.62. The van der Waals surface area contributed by atoms with Gasteiger partial charge in [-0.3, -0.25) is 15.0 Å². The first-order valence-corrected chi connectivity index (χ1v) is 9.83. The van der Waals surface area contributed by atoms with Crippen LogP contribution in [0.1, 0.15) is 30.0 Å². The molecule has 2 N–H and O–H groups in total. The van der Waals surface area contributed by atoms with Gasteiger partial charge in [-0.15, -0.1) is 0 Å². The SMILES string of the molecule is COc1ccc(C(CNc2c([N+](=O)[O-])ccc3c2CCN3)N2CCCC2)cc1. The number of nitro groups is 1. The van der Waals surface area contributed by atoms with Crippen LogP contribution in [-0.2, 0) is 6.42 Å². The fraction of sp³-hybridized carbons (Fsp3) is 0.429. The number of benzene rings is 2. The number of hydrogen-bond donors (Lipinski definition) is 2. The molecular weight excluding hydrogens is 356 g/mol. The first-order valence-electron chi connectivity index (χ1n) is 9.83. The quantitative estimate of drug-likeness (QED) is 0.560. The summed E-state index contributed by atoms with van der Waals surface area (Å²) in [6, 6.07) is 11.7. The second kappa shape index (κ2) is 8.06. The zero-order valence-electron chi connectivity index (χ0n) is 16.1. The molecule has 0 aliphatic carbocycles. The smallest absolute Gasteiger partial charge is 0.292 e. The number of likely N-dealkylation sites (tertiary alicyclic amines) is 1. The Bertz CT molecular complexity index is 847. The topological polar surface area (TPSA) is 79.7 Å². The van der Waals surface area contributed by atoms with Crippen molar-refractivity contribution in [2.75, 3.05) is 43.9 Å². The second-order valence-corrected chi connectivity index (χ2v) is 7.33. The first-order chi connectivity index (χ1) is 13.7. The van der Waals surface area contributed by atoms with Crippen LogP contribution in [0.25, 0.3) is 0 Å². The molecule has 1 fully saturated rings. The van der Waals surface area contributed by atoms with Crippen LogP contribution in [0.2, 0.25) is 0 Å². The normalized spacial score (nSPS) is 17.0. The Morgan fingerprint density at radius 2 is 1.96 bits per heavy atom. The summed E-state index contributed by atoms with van der Waals surface area (Å²) in [4.78, 5) is 13.8. The number of methoxy groups -OCH3 is 1. The van der Waals surface area contributed by atoms with E-state index in [1.807, 2.05) is 18.2 Å². The largest absolute Gasteiger partial charge is 0.497 e. The lowest BCUT2D eigenvalue weighted by Gasteiger charge is -2.29. The zero-order chi connectivity index (χ0) is 19.5. The van der Waals surface area contributed by atoms with E-state index in [0.717, 1.165) is 43.1 Å². The number of hydrogen-bond acceptors (Lipinski definition) is 6. The lowest BCUT2D eigenvalue weighted by atomic mass is 10.0. The highest BCUT2D eigenvalue weighted by Crippen LogP contribution is 2.38. The van der Waals surface area contributed by atoms with Crippen LogP contribution < -0.4 is 15.4 Å². The van der Waals surface area contributed by atoms with Crippen molar-refractivity contribution in [3.63, 3.8) is 0 Å². The monoisotopic (exact) mass is 382 g/mol. The van der Waals surface area contributed by atoms with Gasteiger partial charge in [-0.05, 0) is 56.1 Å². The lowest BCUT2D eigenvalue weighted by molar-refractivity contribution is -0.384. The van der Waals surface area contributed by atoms with Crippen molar-refractivity contribution in [1.29, 1.82) is 0 Å². The van der Waals surface area contributed by atoms with Crippen molar-refractivity contribution in [3.05, 3.63) is 57.6 Å². The van der Waals surface area contributed by atoms with E-state index in [-0.39, 0.29) is 16.7 Å². The van der Waals surface area contributed by atoms with E-state index >= 15 is 0 Å². The van der Waals surface area contributed by atoms with Gasteiger partial charge in [0, 0.05) is 30.4 Å². The molecule has 7 heteroatoms. The van der Waals surface area contributed by atoms with Crippen molar-refractivity contribution in [3.8, 4) is 5.75 Å². The van der Waals surface area contributed by atoms with Crippen molar-refractivity contribution >= 4 is 17.1 Å². The minimum absolute atomic E-state index is 0.150. The maximum absolute atomic E-state index is 11.6. The van der Waals surface area contributed by atoms with Crippen molar-refractivity contribution in [2.24, 2.45) is 0 Å². The summed E-state index contributed by atoms with van der Waals surface area (Å²) in [5.41, 5.74) is 4.02. The number of nitrogens with zero attached hydrogens (tertiary/aromatic N) is 2. The molecule has 0 amide bonds. The second-order valence-electron chi connectivity index (χ2n) is 7.33. The van der Waals surface area contributed by atoms with Crippen molar-refractivity contribution in [1.82, 2.24) is 4.90 Å². The Hall–Kier alpha value is -2.80. The molecular formula is C21H26N4O3. The van der Waals surface area contributed by atoms with E-state index in [2.05, 4.69) is 27.7 Å². The molecule has 2 aromatic rings. The molecule has 1 saturated heterocycles. The average molecular weight is 382 g/mol. The number of rotatable bonds is 7. The summed E-state index contributed by atoms with van der Waals surface area (Å²) >= 11 is 0. The van der Waals surface area contributed by atoms with Gasteiger partial charge < -0.3 is 15.4 Å². The van der Waals surface area contributed by atoms with Crippen LogP contribution in [0.5, 0.6) is 5.75 Å². The molecule has 1 atom stereocenters. The molecule has 2 heterocycles. The molecule has 0 radical (unpaired) electrons. The van der Waals surface area contributed by atoms with Crippen LogP contribution in [0.3, 0.4) is 0 Å². The maximum Gasteiger partial charge on any atom is 0.292 e. The molecule has 2 aromatic carbocycles. The Morgan fingerprint density at radius 3 is 2.64 bits per heavy atom. The number of ether oxygens (including phenoxy) is 1. The highest BCUT2D eigenvalue weighted by atomic mass is 16.6. The first kappa shape index (κ1) is 18.6. The molecule has 7 nitrogen and oxygen atoms in total. The number of nitro benzene ring substituents is 1. The third-order valence-corrected chi connectivity index (χ3v) is 5.73. The molecule has 148 valence electrons. The van der Waals surface area contributed by atoms with Gasteiger partial charge >= 0.3 is 0 Å². The summed E-state index contributed by atoms with van der Waals surface area (Å²) in [5.74, 6) is 0.833. The molecule has 2 aliphatic heterocycles. The predicted octanol–water partition coefficient (Wildman–Crippen LogP) is 3.82. The average Bonchev–Trinajstić information content (AvgIpc) is 3.40. The standard InChI is InChI=1S/C21H26N4O3/c1-28-16-6-4-15(5-7-16)20(24-12-2-3-13-24)14-23-21-17-10-11-22-18(17)8-9-19(21)25(26)27/h4-9,20,22-23H,2-3,10-14H2,1H3. The van der Waals surface area contributed by atoms with Gasteiger partial charge in [0.2, 0.25) is 0 Å². The molecule has 1 unspecified atom stereocenters. The Morgan fingerprint density at radius 1 is 1.21 bits per heavy atom. The Kier molecular flexibility index (Phi) is 5.34. The van der Waals surface area contributed by atoms with Gasteiger partial charge in [-0.2, -0.15) is 0 Å². The molecule has 4 rings (SSSR count). The highest BCUT2D eigenvalue weighted by Gasteiger charge is 2.27. The number of fused-ring (bicyclic) bond motifs is 1. The lowest BCUT2D eigenvalue weighted by Crippen LogP contribution is -2.31. The van der Waals surface area contributed by atoms with Gasteiger partial charge in [-0.1, -0.05) is 12.1 Å². The summed E-state index contributed by atoms with van der Waals surface area (Å²) in [6.45, 7) is 3.55. The highest BCUT2D eigenvalue weighted by molar-refractivity contribution is 5.77. The number of anilines is 2. The Labute approximate surface area is 164 Å². The molecule has 0 saturated carbocycles. The van der Waals surface area contributed by atoms with Gasteiger partial charge in [0.25, 0.3) is 5.69 Å². The van der Waals surface area contributed by atoms with Gasteiger partial charge in [0.15, 0.2) is 0 Å². The summed E-state index contributed by atoms with van der Waals surface area (Å²) in [5, 5.41) is 18.3.